The highest BCUT2D eigenvalue weighted by molar-refractivity contribution is 7.82. The number of nitrogens with zero attached hydrogens (tertiary/aromatic N) is 3. The summed E-state index contributed by atoms with van der Waals surface area (Å²) in [5, 5.41) is 13.1. The number of carbonyl (C=O) groups excluding carboxylic acids is 1. The highest BCUT2D eigenvalue weighted by Gasteiger charge is 2.21. The third-order valence-corrected chi connectivity index (χ3v) is 7.37. The van der Waals surface area contributed by atoms with E-state index < -0.39 is 16.9 Å². The number of thiophene rings is 1. The van der Waals surface area contributed by atoms with Crippen molar-refractivity contribution >= 4 is 54.8 Å². The van der Waals surface area contributed by atoms with Crippen LogP contribution in [0.25, 0.3) is 10.1 Å². The van der Waals surface area contributed by atoms with Gasteiger partial charge in [0.15, 0.2) is 5.13 Å². The summed E-state index contributed by atoms with van der Waals surface area (Å²) in [6.07, 6.45) is 1.42. The highest BCUT2D eigenvalue weighted by atomic mass is 32.2. The lowest BCUT2D eigenvalue weighted by atomic mass is 10.1. The van der Waals surface area contributed by atoms with Crippen LogP contribution >= 0.6 is 22.7 Å². The molecule has 9 heteroatoms. The molecule has 0 fully saturated rings. The van der Waals surface area contributed by atoms with Gasteiger partial charge < -0.3 is 4.90 Å². The molecule has 0 saturated heterocycles. The second kappa shape index (κ2) is 9.61. The Morgan fingerprint density at radius 1 is 1.22 bits per heavy atom. The molecule has 2 aromatic heterocycles. The van der Waals surface area contributed by atoms with Gasteiger partial charge in [-0.3, -0.25) is 9.52 Å². The normalized spacial score (nSPS) is 11.8. The topological polar surface area (TPSA) is 86.1 Å². The average Bonchev–Trinajstić information content (AvgIpc) is 3.36. The standard InChI is InChI=1S/C23H20N4O2S3/c1-15-21(22(28)26-32(2)29)25-23(31-15)27(12-16-6-4-3-5-7-16)13-18-14-30-20-10-17(11-24)8-9-19(18)20/h3-10,14H,12-13H2,1-2H3,(H,26,28). The van der Waals surface area contributed by atoms with Crippen molar-refractivity contribution in [1.29, 1.82) is 5.26 Å². The number of amides is 1. The quantitative estimate of drug-likeness (QED) is 0.412. The number of anilines is 1. The summed E-state index contributed by atoms with van der Waals surface area (Å²) >= 11 is 3.06. The third kappa shape index (κ3) is 4.88. The molecular weight excluding hydrogens is 460 g/mol. The zero-order chi connectivity index (χ0) is 22.7. The lowest BCUT2D eigenvalue weighted by molar-refractivity contribution is 0.0978. The van der Waals surface area contributed by atoms with E-state index in [2.05, 4.69) is 38.2 Å². The molecule has 2 aromatic carbocycles. The molecule has 0 bridgehead atoms. The fraction of sp³-hybridized carbons (Fsp3) is 0.174. The van der Waals surface area contributed by atoms with Gasteiger partial charge in [0.05, 0.1) is 11.6 Å². The number of thiazole rings is 1. The number of aromatic nitrogens is 1. The van der Waals surface area contributed by atoms with Gasteiger partial charge in [0.1, 0.15) is 16.7 Å². The van der Waals surface area contributed by atoms with Gasteiger partial charge in [-0.15, -0.1) is 22.7 Å². The van der Waals surface area contributed by atoms with Crippen LogP contribution in [0.3, 0.4) is 0 Å². The zero-order valence-corrected chi connectivity index (χ0v) is 19.9. The van der Waals surface area contributed by atoms with Gasteiger partial charge in [-0.05, 0) is 40.9 Å². The maximum absolute atomic E-state index is 12.4. The van der Waals surface area contributed by atoms with Crippen molar-refractivity contribution in [2.75, 3.05) is 11.2 Å². The Morgan fingerprint density at radius 3 is 2.72 bits per heavy atom. The minimum Gasteiger partial charge on any atom is -0.339 e. The SMILES string of the molecule is Cc1sc(N(Cc2ccccc2)Cc2csc3cc(C#N)ccc23)nc1C(=O)NS(C)=O. The minimum atomic E-state index is -1.45. The van der Waals surface area contributed by atoms with Crippen molar-refractivity contribution in [2.24, 2.45) is 0 Å². The first-order chi connectivity index (χ1) is 15.4. The Hall–Kier alpha value is -3.06. The number of aryl methyl sites for hydroxylation is 1. The van der Waals surface area contributed by atoms with Gasteiger partial charge in [0.2, 0.25) is 0 Å². The van der Waals surface area contributed by atoms with Gasteiger partial charge in [0, 0.05) is 28.9 Å². The summed E-state index contributed by atoms with van der Waals surface area (Å²) in [4.78, 5) is 19.9. The van der Waals surface area contributed by atoms with Gasteiger partial charge >= 0.3 is 0 Å². The number of nitriles is 1. The number of benzene rings is 2. The predicted molar refractivity (Wildman–Crippen MR) is 131 cm³/mol. The average molecular weight is 481 g/mol. The zero-order valence-electron chi connectivity index (χ0n) is 17.5. The first kappa shape index (κ1) is 22.1. The Kier molecular flexibility index (Phi) is 6.65. The Morgan fingerprint density at radius 2 is 2.00 bits per heavy atom. The number of carbonyl (C=O) groups is 1. The van der Waals surface area contributed by atoms with Gasteiger partial charge in [-0.2, -0.15) is 5.26 Å². The molecule has 2 heterocycles. The smallest absolute Gasteiger partial charge is 0.282 e. The van der Waals surface area contributed by atoms with Gasteiger partial charge in [0.25, 0.3) is 5.91 Å². The van der Waals surface area contributed by atoms with Gasteiger partial charge in [-0.1, -0.05) is 36.4 Å². The Bertz CT molecular complexity index is 1340. The van der Waals surface area contributed by atoms with E-state index in [1.807, 2.05) is 43.3 Å². The molecule has 1 unspecified atom stereocenters. The van der Waals surface area contributed by atoms with Crippen molar-refractivity contribution in [3.63, 3.8) is 0 Å². The van der Waals surface area contributed by atoms with Crippen LogP contribution in [0.5, 0.6) is 0 Å². The molecule has 0 saturated carbocycles. The van der Waals surface area contributed by atoms with Crippen LogP contribution in [0.2, 0.25) is 0 Å². The number of hydrogen-bond acceptors (Lipinski definition) is 7. The Balaban J connectivity index is 1.69. The fourth-order valence-corrected chi connectivity index (χ4v) is 5.64. The van der Waals surface area contributed by atoms with E-state index in [4.69, 9.17) is 0 Å². The third-order valence-electron chi connectivity index (χ3n) is 4.87. The van der Waals surface area contributed by atoms with Crippen molar-refractivity contribution in [1.82, 2.24) is 9.71 Å². The molecule has 4 aromatic rings. The summed E-state index contributed by atoms with van der Waals surface area (Å²) in [6, 6.07) is 18.0. The van der Waals surface area contributed by atoms with Crippen LogP contribution in [0.1, 0.15) is 32.1 Å². The van der Waals surface area contributed by atoms with Crippen molar-refractivity contribution in [3.8, 4) is 6.07 Å². The van der Waals surface area contributed by atoms with Gasteiger partial charge in [-0.25, -0.2) is 9.19 Å². The van der Waals surface area contributed by atoms with Crippen LogP contribution in [0, 0.1) is 18.3 Å². The second-order valence-corrected chi connectivity index (χ2v) is 10.4. The first-order valence-electron chi connectivity index (χ1n) is 9.75. The van der Waals surface area contributed by atoms with Crippen LogP contribution in [-0.4, -0.2) is 21.4 Å². The molecule has 0 spiro atoms. The van der Waals surface area contributed by atoms with E-state index in [1.165, 1.54) is 17.6 Å². The molecule has 0 aliphatic rings. The molecule has 162 valence electrons. The molecule has 0 aliphatic carbocycles. The van der Waals surface area contributed by atoms with E-state index in [9.17, 15) is 14.3 Å². The largest absolute Gasteiger partial charge is 0.339 e. The molecule has 32 heavy (non-hydrogen) atoms. The molecule has 0 aliphatic heterocycles. The van der Waals surface area contributed by atoms with Crippen molar-refractivity contribution in [3.05, 3.63) is 81.2 Å². The van der Waals surface area contributed by atoms with E-state index in [-0.39, 0.29) is 0 Å². The summed E-state index contributed by atoms with van der Waals surface area (Å²) in [6.45, 7) is 3.08. The van der Waals surface area contributed by atoms with E-state index in [0.29, 0.717) is 24.3 Å². The van der Waals surface area contributed by atoms with Crippen LogP contribution in [-0.2, 0) is 24.1 Å². The van der Waals surface area contributed by atoms with E-state index in [1.54, 1.807) is 11.3 Å². The molecule has 0 radical (unpaired) electrons. The van der Waals surface area contributed by atoms with Crippen molar-refractivity contribution in [2.45, 2.75) is 20.0 Å². The summed E-state index contributed by atoms with van der Waals surface area (Å²) in [5.74, 6) is -0.435. The summed E-state index contributed by atoms with van der Waals surface area (Å²) in [7, 11) is -1.45. The maximum atomic E-state index is 12.4. The van der Waals surface area contributed by atoms with Crippen LogP contribution in [0.4, 0.5) is 5.13 Å². The molecular formula is C23H20N4O2S3. The lowest BCUT2D eigenvalue weighted by Crippen LogP contribution is -2.26. The predicted octanol–water partition coefficient (Wildman–Crippen LogP) is 4.77. The number of nitrogens with one attached hydrogen (secondary N) is 1. The first-order valence-corrected chi connectivity index (χ1v) is 13.0. The summed E-state index contributed by atoms with van der Waals surface area (Å²) < 4.78 is 14.9. The highest BCUT2D eigenvalue weighted by Crippen LogP contribution is 2.32. The fourth-order valence-electron chi connectivity index (χ4n) is 3.38. The lowest BCUT2D eigenvalue weighted by Gasteiger charge is -2.22. The summed E-state index contributed by atoms with van der Waals surface area (Å²) in [5.41, 5.74) is 3.21. The van der Waals surface area contributed by atoms with Crippen LogP contribution < -0.4 is 9.62 Å². The number of hydrogen-bond donors (Lipinski definition) is 1. The molecule has 1 amide bonds. The monoisotopic (exact) mass is 480 g/mol. The molecule has 4 rings (SSSR count). The molecule has 1 atom stereocenters. The van der Waals surface area contributed by atoms with Crippen molar-refractivity contribution < 1.29 is 9.00 Å². The van der Waals surface area contributed by atoms with E-state index >= 15 is 0 Å². The number of rotatable bonds is 7. The van der Waals surface area contributed by atoms with E-state index in [0.717, 1.165) is 31.2 Å². The Labute approximate surface area is 196 Å². The minimum absolute atomic E-state index is 0.298. The molecule has 6 nitrogen and oxygen atoms in total. The molecule has 1 N–H and O–H groups in total. The second-order valence-electron chi connectivity index (χ2n) is 7.21. The maximum Gasteiger partial charge on any atom is 0.282 e. The number of fused-ring (bicyclic) bond motifs is 1. The van der Waals surface area contributed by atoms with Crippen LogP contribution in [0.15, 0.2) is 53.9 Å².